The van der Waals surface area contributed by atoms with Crippen molar-refractivity contribution in [2.75, 3.05) is 6.26 Å². The van der Waals surface area contributed by atoms with Crippen molar-refractivity contribution in [2.24, 2.45) is 0 Å². The molecule has 0 aliphatic heterocycles. The number of thioether (sulfide) groups is 1. The molecule has 1 amide bonds. The van der Waals surface area contributed by atoms with Crippen molar-refractivity contribution in [3.05, 3.63) is 71.9 Å². The molecular formula is C20H21N3O3S. The molecule has 0 fully saturated rings. The molecule has 0 spiro atoms. The van der Waals surface area contributed by atoms with Crippen LogP contribution in [0.15, 0.2) is 64.3 Å². The summed E-state index contributed by atoms with van der Waals surface area (Å²) in [6.45, 7) is 2.15. The maximum atomic E-state index is 12.3. The fourth-order valence-electron chi connectivity index (χ4n) is 2.60. The van der Waals surface area contributed by atoms with Crippen LogP contribution in [-0.4, -0.2) is 28.3 Å². The third-order valence-electron chi connectivity index (χ3n) is 3.87. The third kappa shape index (κ3) is 5.34. The number of rotatable bonds is 8. The summed E-state index contributed by atoms with van der Waals surface area (Å²) in [6.07, 6.45) is 6.20. The highest BCUT2D eigenvalue weighted by Gasteiger charge is 2.16. The fraction of sp³-hybridized carbons (Fsp3) is 0.250. The minimum Gasteiger partial charge on any atom is -0.484 e. The van der Waals surface area contributed by atoms with Gasteiger partial charge in [-0.3, -0.25) is 9.78 Å². The van der Waals surface area contributed by atoms with E-state index in [1.807, 2.05) is 49.6 Å². The molecule has 1 aromatic carbocycles. The first-order chi connectivity index (χ1) is 13.2. The number of nitrogens with zero attached hydrogens (tertiary/aromatic N) is 2. The Kier molecular flexibility index (Phi) is 6.49. The topological polar surface area (TPSA) is 77.2 Å². The standard InChI is InChI=1S/C20H21N3O3S/c1-14(10-15-6-5-9-21-12-15)22-20(24)17-11-16(26-23-17)13-25-18-7-3-4-8-19(18)27-2/h3-9,11-12,14H,10,13H2,1-2H3,(H,22,24)/t14-/m0/s1. The van der Waals surface area contributed by atoms with Crippen molar-refractivity contribution >= 4 is 17.7 Å². The molecule has 140 valence electrons. The molecule has 2 heterocycles. The van der Waals surface area contributed by atoms with Crippen LogP contribution in [0, 0.1) is 0 Å². The van der Waals surface area contributed by atoms with Crippen LogP contribution in [0.4, 0.5) is 0 Å². The predicted molar refractivity (Wildman–Crippen MR) is 104 cm³/mol. The minimum atomic E-state index is -0.272. The van der Waals surface area contributed by atoms with Crippen LogP contribution in [0.25, 0.3) is 0 Å². The van der Waals surface area contributed by atoms with Crippen LogP contribution < -0.4 is 10.1 Å². The van der Waals surface area contributed by atoms with Crippen LogP contribution in [0.2, 0.25) is 0 Å². The Hall–Kier alpha value is -2.80. The number of para-hydroxylation sites is 1. The predicted octanol–water partition coefficient (Wildman–Crippen LogP) is 3.73. The molecule has 0 bridgehead atoms. The Bertz CT molecular complexity index is 883. The minimum absolute atomic E-state index is 0.0495. The molecule has 6 nitrogen and oxygen atoms in total. The van der Waals surface area contributed by atoms with Gasteiger partial charge in [0.25, 0.3) is 5.91 Å². The van der Waals surface area contributed by atoms with Crippen LogP contribution in [0.3, 0.4) is 0 Å². The van der Waals surface area contributed by atoms with Gasteiger partial charge in [-0.2, -0.15) is 0 Å². The van der Waals surface area contributed by atoms with Gasteiger partial charge in [-0.05, 0) is 43.4 Å². The van der Waals surface area contributed by atoms with Gasteiger partial charge in [-0.1, -0.05) is 23.4 Å². The number of carbonyl (C=O) groups excluding carboxylic acids is 1. The van der Waals surface area contributed by atoms with Crippen LogP contribution in [0.5, 0.6) is 5.75 Å². The fourth-order valence-corrected chi connectivity index (χ4v) is 3.14. The summed E-state index contributed by atoms with van der Waals surface area (Å²) in [7, 11) is 0. The highest BCUT2D eigenvalue weighted by Crippen LogP contribution is 2.27. The summed E-state index contributed by atoms with van der Waals surface area (Å²) in [4.78, 5) is 17.5. The first kappa shape index (κ1) is 19.0. The van der Waals surface area contributed by atoms with Gasteiger partial charge in [-0.25, -0.2) is 0 Å². The van der Waals surface area contributed by atoms with Gasteiger partial charge in [0.05, 0.1) is 0 Å². The van der Waals surface area contributed by atoms with Gasteiger partial charge in [0.1, 0.15) is 12.4 Å². The van der Waals surface area contributed by atoms with E-state index in [1.54, 1.807) is 30.2 Å². The average Bonchev–Trinajstić information content (AvgIpc) is 3.16. The molecular weight excluding hydrogens is 362 g/mol. The summed E-state index contributed by atoms with van der Waals surface area (Å²) in [6, 6.07) is 13.2. The smallest absolute Gasteiger partial charge is 0.273 e. The van der Waals surface area contributed by atoms with Crippen molar-refractivity contribution in [2.45, 2.75) is 30.9 Å². The van der Waals surface area contributed by atoms with E-state index < -0.39 is 0 Å². The van der Waals surface area contributed by atoms with E-state index in [1.165, 1.54) is 0 Å². The average molecular weight is 383 g/mol. The quantitative estimate of drug-likeness (QED) is 0.597. The van der Waals surface area contributed by atoms with Gasteiger partial charge in [0, 0.05) is 29.4 Å². The highest BCUT2D eigenvalue weighted by molar-refractivity contribution is 7.98. The van der Waals surface area contributed by atoms with Gasteiger partial charge in [-0.15, -0.1) is 11.8 Å². The number of ether oxygens (including phenoxy) is 1. The van der Waals surface area contributed by atoms with E-state index in [0.717, 1.165) is 16.2 Å². The Labute approximate surface area is 162 Å². The van der Waals surface area contributed by atoms with Gasteiger partial charge < -0.3 is 14.6 Å². The number of carbonyl (C=O) groups is 1. The summed E-state index contributed by atoms with van der Waals surface area (Å²) in [5.41, 5.74) is 1.30. The van der Waals surface area contributed by atoms with Crippen LogP contribution in [0.1, 0.15) is 28.7 Å². The number of hydrogen-bond acceptors (Lipinski definition) is 6. The van der Waals surface area contributed by atoms with Crippen LogP contribution in [-0.2, 0) is 13.0 Å². The molecule has 0 radical (unpaired) electrons. The SMILES string of the molecule is CSc1ccccc1OCc1cc(C(=O)N[C@@H](C)Cc2cccnc2)no1. The Morgan fingerprint density at radius 3 is 2.93 bits per heavy atom. The largest absolute Gasteiger partial charge is 0.484 e. The van der Waals surface area contributed by atoms with Crippen LogP contribution >= 0.6 is 11.8 Å². The maximum Gasteiger partial charge on any atom is 0.273 e. The Balaban J connectivity index is 1.54. The van der Waals surface area contributed by atoms with E-state index in [0.29, 0.717) is 12.2 Å². The lowest BCUT2D eigenvalue weighted by molar-refractivity contribution is 0.0930. The number of pyridine rings is 1. The number of amides is 1. The third-order valence-corrected chi connectivity index (χ3v) is 4.65. The molecule has 2 aromatic heterocycles. The van der Waals surface area contributed by atoms with Gasteiger partial charge in [0.2, 0.25) is 0 Å². The van der Waals surface area contributed by atoms with Gasteiger partial charge >= 0.3 is 0 Å². The van der Waals surface area contributed by atoms with Gasteiger partial charge in [0.15, 0.2) is 11.5 Å². The molecule has 0 unspecified atom stereocenters. The molecule has 27 heavy (non-hydrogen) atoms. The summed E-state index contributed by atoms with van der Waals surface area (Å²) in [5, 5.41) is 6.76. The zero-order chi connectivity index (χ0) is 19.1. The summed E-state index contributed by atoms with van der Waals surface area (Å²) in [5.74, 6) is 0.999. The van der Waals surface area contributed by atoms with Crippen molar-refractivity contribution in [3.63, 3.8) is 0 Å². The van der Waals surface area contributed by atoms with Crippen molar-refractivity contribution < 1.29 is 14.1 Å². The first-order valence-corrected chi connectivity index (χ1v) is 9.79. The number of benzene rings is 1. The second-order valence-corrected chi connectivity index (χ2v) is 6.91. The number of aromatic nitrogens is 2. The van der Waals surface area contributed by atoms with E-state index in [-0.39, 0.29) is 24.2 Å². The summed E-state index contributed by atoms with van der Waals surface area (Å²) < 4.78 is 11.0. The molecule has 3 rings (SSSR count). The molecule has 1 atom stereocenters. The van der Waals surface area contributed by atoms with E-state index in [4.69, 9.17) is 9.26 Å². The molecule has 1 N–H and O–H groups in total. The lowest BCUT2D eigenvalue weighted by Gasteiger charge is -2.12. The Morgan fingerprint density at radius 2 is 2.15 bits per heavy atom. The molecule has 3 aromatic rings. The van der Waals surface area contributed by atoms with E-state index in [9.17, 15) is 4.79 Å². The summed E-state index contributed by atoms with van der Waals surface area (Å²) >= 11 is 1.61. The number of nitrogens with one attached hydrogen (secondary N) is 1. The zero-order valence-electron chi connectivity index (χ0n) is 15.2. The zero-order valence-corrected chi connectivity index (χ0v) is 16.0. The van der Waals surface area contributed by atoms with E-state index >= 15 is 0 Å². The molecule has 0 saturated carbocycles. The lowest BCUT2D eigenvalue weighted by atomic mass is 10.1. The van der Waals surface area contributed by atoms with E-state index in [2.05, 4.69) is 15.5 Å². The Morgan fingerprint density at radius 1 is 1.30 bits per heavy atom. The van der Waals surface area contributed by atoms with Crippen molar-refractivity contribution in [3.8, 4) is 5.75 Å². The van der Waals surface area contributed by atoms with Crippen molar-refractivity contribution in [1.82, 2.24) is 15.5 Å². The molecule has 0 aliphatic rings. The first-order valence-electron chi connectivity index (χ1n) is 8.57. The second-order valence-electron chi connectivity index (χ2n) is 6.06. The number of hydrogen-bond donors (Lipinski definition) is 1. The van der Waals surface area contributed by atoms with Crippen molar-refractivity contribution in [1.29, 1.82) is 0 Å². The highest BCUT2D eigenvalue weighted by atomic mass is 32.2. The normalized spacial score (nSPS) is 11.8. The lowest BCUT2D eigenvalue weighted by Crippen LogP contribution is -2.34. The molecule has 7 heteroatoms. The second kappa shape index (κ2) is 9.23. The molecule has 0 saturated heterocycles. The molecule has 0 aliphatic carbocycles. The monoisotopic (exact) mass is 383 g/mol. The maximum absolute atomic E-state index is 12.3.